The van der Waals surface area contributed by atoms with Crippen LogP contribution in [-0.4, -0.2) is 18.1 Å². The van der Waals surface area contributed by atoms with E-state index in [1.807, 2.05) is 13.8 Å². The molecule has 2 nitrogen and oxygen atoms in total. The number of aryl methyl sites for hydroxylation is 2. The Morgan fingerprint density at radius 2 is 1.67 bits per heavy atom. The number of alkyl halides is 2. The van der Waals surface area contributed by atoms with Crippen molar-refractivity contribution in [1.82, 2.24) is 0 Å². The van der Waals surface area contributed by atoms with E-state index < -0.39 is 17.4 Å². The highest BCUT2D eigenvalue weighted by molar-refractivity contribution is 5.46. The van der Waals surface area contributed by atoms with E-state index >= 15 is 0 Å². The molecule has 0 spiro atoms. The highest BCUT2D eigenvalue weighted by atomic mass is 19.3. The summed E-state index contributed by atoms with van der Waals surface area (Å²) in [4.78, 5) is 0. The van der Waals surface area contributed by atoms with E-state index in [-0.39, 0.29) is 5.56 Å². The number of aliphatic hydroxyl groups is 1. The molecule has 0 radical (unpaired) electrons. The molecule has 1 saturated carbocycles. The smallest absolute Gasteiger partial charge is 0.278 e. The zero-order valence-electron chi connectivity index (χ0n) is 13.2. The summed E-state index contributed by atoms with van der Waals surface area (Å²) < 4.78 is 34.0. The number of benzene rings is 1. The number of methoxy groups -OCH3 is 1. The van der Waals surface area contributed by atoms with Gasteiger partial charge in [0.1, 0.15) is 5.75 Å². The molecule has 4 heteroatoms. The molecule has 2 rings (SSSR count). The van der Waals surface area contributed by atoms with Crippen LogP contribution in [-0.2, 0) is 5.60 Å². The van der Waals surface area contributed by atoms with Gasteiger partial charge in [0.2, 0.25) is 0 Å². The highest BCUT2D eigenvalue weighted by Crippen LogP contribution is 2.51. The van der Waals surface area contributed by atoms with Crippen LogP contribution in [0.1, 0.15) is 49.3 Å². The van der Waals surface area contributed by atoms with Gasteiger partial charge in [0.25, 0.3) is 5.92 Å². The van der Waals surface area contributed by atoms with E-state index in [0.29, 0.717) is 18.6 Å². The molecule has 0 saturated heterocycles. The Kier molecular flexibility index (Phi) is 4.29. The van der Waals surface area contributed by atoms with E-state index in [1.165, 1.54) is 7.11 Å². The monoisotopic (exact) mass is 298 g/mol. The number of ether oxygens (including phenoxy) is 1. The summed E-state index contributed by atoms with van der Waals surface area (Å²) in [5.41, 5.74) is -0.115. The molecule has 0 bridgehead atoms. The van der Waals surface area contributed by atoms with Gasteiger partial charge in [-0.15, -0.1) is 0 Å². The molecule has 1 atom stereocenters. The zero-order chi connectivity index (χ0) is 15.8. The molecule has 1 aromatic carbocycles. The van der Waals surface area contributed by atoms with E-state index in [1.54, 1.807) is 12.1 Å². The summed E-state index contributed by atoms with van der Waals surface area (Å²) in [6, 6.07) is 3.39. The molecule has 1 aromatic rings. The van der Waals surface area contributed by atoms with Crippen LogP contribution >= 0.6 is 0 Å². The second-order valence-corrected chi connectivity index (χ2v) is 6.27. The predicted octanol–water partition coefficient (Wildman–Crippen LogP) is 4.35. The molecule has 0 aliphatic heterocycles. The molecule has 1 unspecified atom stereocenters. The van der Waals surface area contributed by atoms with Crippen LogP contribution in [0, 0.1) is 19.8 Å². The lowest BCUT2D eigenvalue weighted by Crippen LogP contribution is -2.48. The summed E-state index contributed by atoms with van der Waals surface area (Å²) in [6.45, 7) is 4.57. The van der Waals surface area contributed by atoms with Crippen LogP contribution in [0.15, 0.2) is 12.1 Å². The molecular formula is C17H24F2O2. The first kappa shape index (κ1) is 16.2. The van der Waals surface area contributed by atoms with E-state index in [4.69, 9.17) is 4.74 Å². The van der Waals surface area contributed by atoms with Crippen molar-refractivity contribution >= 4 is 0 Å². The van der Waals surface area contributed by atoms with Gasteiger partial charge in [-0.3, -0.25) is 0 Å². The lowest BCUT2D eigenvalue weighted by atomic mass is 9.75. The summed E-state index contributed by atoms with van der Waals surface area (Å²) in [5.74, 6) is -3.32. The Hall–Kier alpha value is -1.16. The van der Waals surface area contributed by atoms with Crippen LogP contribution in [0.2, 0.25) is 0 Å². The zero-order valence-corrected chi connectivity index (χ0v) is 13.2. The molecule has 1 fully saturated rings. The maximum atomic E-state index is 14.4. The summed E-state index contributed by atoms with van der Waals surface area (Å²) in [7, 11) is 1.45. The fourth-order valence-corrected chi connectivity index (χ4v) is 3.41. The minimum atomic E-state index is -3.23. The van der Waals surface area contributed by atoms with Crippen molar-refractivity contribution in [1.29, 1.82) is 0 Å². The topological polar surface area (TPSA) is 29.5 Å². The largest absolute Gasteiger partial charge is 0.496 e. The second kappa shape index (κ2) is 5.56. The normalized spacial score (nSPS) is 19.6. The maximum Gasteiger partial charge on any atom is 0.278 e. The lowest BCUT2D eigenvalue weighted by molar-refractivity contribution is -0.205. The summed E-state index contributed by atoms with van der Waals surface area (Å²) in [6.07, 6.45) is 3.01. The van der Waals surface area contributed by atoms with Gasteiger partial charge in [-0.05, 0) is 55.9 Å². The fraction of sp³-hybridized carbons (Fsp3) is 0.647. The molecule has 0 amide bonds. The van der Waals surface area contributed by atoms with Gasteiger partial charge >= 0.3 is 0 Å². The third-order valence-corrected chi connectivity index (χ3v) is 4.84. The van der Waals surface area contributed by atoms with Gasteiger partial charge in [0, 0.05) is 12.5 Å². The predicted molar refractivity (Wildman–Crippen MR) is 78.9 cm³/mol. The molecule has 1 aliphatic carbocycles. The van der Waals surface area contributed by atoms with Gasteiger partial charge in [0.15, 0.2) is 5.60 Å². The Labute approximate surface area is 125 Å². The van der Waals surface area contributed by atoms with Crippen molar-refractivity contribution in [3.8, 4) is 5.75 Å². The quantitative estimate of drug-likeness (QED) is 0.895. The standard InChI is InChI=1S/C17H24F2O2/c1-11-9-14(15(21-4)10-12(11)2)17(20,16(3,18)19)13-7-5-6-8-13/h9-10,13,20H,5-8H2,1-4H3. The Balaban J connectivity index is 2.64. The molecule has 0 aromatic heterocycles. The van der Waals surface area contributed by atoms with Crippen molar-refractivity contribution in [2.45, 2.75) is 58.0 Å². The number of hydrogen-bond acceptors (Lipinski definition) is 2. The minimum absolute atomic E-state index is 0.215. The van der Waals surface area contributed by atoms with Crippen molar-refractivity contribution in [3.05, 3.63) is 28.8 Å². The van der Waals surface area contributed by atoms with Gasteiger partial charge in [-0.25, -0.2) is 8.78 Å². The lowest BCUT2D eigenvalue weighted by Gasteiger charge is -2.40. The van der Waals surface area contributed by atoms with Crippen molar-refractivity contribution < 1.29 is 18.6 Å². The molecule has 0 heterocycles. The molecule has 1 aliphatic rings. The van der Waals surface area contributed by atoms with E-state index in [9.17, 15) is 13.9 Å². The van der Waals surface area contributed by atoms with Crippen molar-refractivity contribution in [2.24, 2.45) is 5.92 Å². The summed E-state index contributed by atoms with van der Waals surface area (Å²) >= 11 is 0. The minimum Gasteiger partial charge on any atom is -0.496 e. The number of halogens is 2. The highest BCUT2D eigenvalue weighted by Gasteiger charge is 2.56. The second-order valence-electron chi connectivity index (χ2n) is 6.27. The van der Waals surface area contributed by atoms with Crippen LogP contribution in [0.25, 0.3) is 0 Å². The molecule has 118 valence electrons. The van der Waals surface area contributed by atoms with Crippen LogP contribution < -0.4 is 4.74 Å². The fourth-order valence-electron chi connectivity index (χ4n) is 3.41. The van der Waals surface area contributed by atoms with Gasteiger partial charge in [-0.1, -0.05) is 12.8 Å². The SMILES string of the molecule is COc1cc(C)c(C)cc1C(O)(C1CCCC1)C(C)(F)F. The maximum absolute atomic E-state index is 14.4. The first-order valence-corrected chi connectivity index (χ1v) is 7.47. The van der Waals surface area contributed by atoms with Crippen LogP contribution in [0.5, 0.6) is 5.75 Å². The average molecular weight is 298 g/mol. The third kappa shape index (κ3) is 2.66. The molecule has 1 N–H and O–H groups in total. The van der Waals surface area contributed by atoms with Gasteiger partial charge < -0.3 is 9.84 Å². The van der Waals surface area contributed by atoms with Crippen molar-refractivity contribution in [2.75, 3.05) is 7.11 Å². The summed E-state index contributed by atoms with van der Waals surface area (Å²) in [5, 5.41) is 11.0. The van der Waals surface area contributed by atoms with E-state index in [2.05, 4.69) is 0 Å². The number of hydrogen-bond donors (Lipinski definition) is 1. The van der Waals surface area contributed by atoms with Crippen LogP contribution in [0.4, 0.5) is 8.78 Å². The molecular weight excluding hydrogens is 274 g/mol. The van der Waals surface area contributed by atoms with Gasteiger partial charge in [-0.2, -0.15) is 0 Å². The van der Waals surface area contributed by atoms with Gasteiger partial charge in [0.05, 0.1) is 7.11 Å². The Morgan fingerprint density at radius 1 is 1.14 bits per heavy atom. The van der Waals surface area contributed by atoms with E-state index in [0.717, 1.165) is 30.9 Å². The first-order chi connectivity index (χ1) is 9.71. The third-order valence-electron chi connectivity index (χ3n) is 4.84. The Morgan fingerprint density at radius 3 is 2.14 bits per heavy atom. The van der Waals surface area contributed by atoms with Crippen molar-refractivity contribution in [3.63, 3.8) is 0 Å². The molecule has 21 heavy (non-hydrogen) atoms. The first-order valence-electron chi connectivity index (χ1n) is 7.47. The average Bonchev–Trinajstić information content (AvgIpc) is 2.93. The number of rotatable bonds is 4. The van der Waals surface area contributed by atoms with Crippen LogP contribution in [0.3, 0.4) is 0 Å². The Bertz CT molecular complexity index is 516.